The molecule has 0 atom stereocenters. The molecule has 0 saturated heterocycles. The summed E-state index contributed by atoms with van der Waals surface area (Å²) in [5, 5.41) is 14.1. The SMILES string of the molecule is O=C(NC1(C(=O)O)CCCCC1)c1ccc2c(C3CCCCC3)c3n(c2c1)CCOc1ccccc1-3. The summed E-state index contributed by atoms with van der Waals surface area (Å²) in [5.41, 5.74) is 4.10. The van der Waals surface area contributed by atoms with Crippen molar-refractivity contribution in [3.8, 4) is 17.0 Å². The molecule has 2 aliphatic carbocycles. The van der Waals surface area contributed by atoms with Gasteiger partial charge in [-0.05, 0) is 61.4 Å². The van der Waals surface area contributed by atoms with Gasteiger partial charge in [0, 0.05) is 22.0 Å². The molecular formula is C30H34N2O4. The number of carboxylic acids is 1. The van der Waals surface area contributed by atoms with E-state index in [9.17, 15) is 14.7 Å². The molecule has 2 N–H and O–H groups in total. The number of para-hydroxylation sites is 1. The van der Waals surface area contributed by atoms with E-state index in [1.165, 1.54) is 48.7 Å². The highest BCUT2D eigenvalue weighted by molar-refractivity contribution is 6.02. The third-order valence-electron chi connectivity index (χ3n) is 8.56. The summed E-state index contributed by atoms with van der Waals surface area (Å²) in [5.74, 6) is 0.165. The van der Waals surface area contributed by atoms with Gasteiger partial charge in [0.1, 0.15) is 17.9 Å². The second-order valence-electron chi connectivity index (χ2n) is 10.7. The number of hydrogen-bond acceptors (Lipinski definition) is 3. The number of ether oxygens (including phenoxy) is 1. The predicted molar refractivity (Wildman–Crippen MR) is 140 cm³/mol. The van der Waals surface area contributed by atoms with Gasteiger partial charge in [-0.15, -0.1) is 0 Å². The van der Waals surface area contributed by atoms with E-state index in [0.717, 1.165) is 36.1 Å². The second-order valence-corrected chi connectivity index (χ2v) is 10.7. The van der Waals surface area contributed by atoms with E-state index in [-0.39, 0.29) is 5.91 Å². The first-order valence-corrected chi connectivity index (χ1v) is 13.5. The Bertz CT molecular complexity index is 1310. The van der Waals surface area contributed by atoms with Crippen molar-refractivity contribution in [2.45, 2.75) is 82.2 Å². The van der Waals surface area contributed by atoms with Crippen LogP contribution >= 0.6 is 0 Å². The maximum Gasteiger partial charge on any atom is 0.329 e. The van der Waals surface area contributed by atoms with Gasteiger partial charge >= 0.3 is 5.97 Å². The van der Waals surface area contributed by atoms with E-state index >= 15 is 0 Å². The Hall–Kier alpha value is -3.28. The molecule has 36 heavy (non-hydrogen) atoms. The van der Waals surface area contributed by atoms with Crippen LogP contribution in [0, 0.1) is 0 Å². The zero-order valence-electron chi connectivity index (χ0n) is 20.7. The monoisotopic (exact) mass is 486 g/mol. The third-order valence-corrected chi connectivity index (χ3v) is 8.56. The minimum absolute atomic E-state index is 0.304. The van der Waals surface area contributed by atoms with E-state index < -0.39 is 11.5 Å². The Balaban J connectivity index is 1.47. The van der Waals surface area contributed by atoms with Crippen molar-refractivity contribution in [2.75, 3.05) is 6.61 Å². The van der Waals surface area contributed by atoms with Gasteiger partial charge in [-0.2, -0.15) is 0 Å². The summed E-state index contributed by atoms with van der Waals surface area (Å²) in [6.07, 6.45) is 9.76. The number of amides is 1. The fourth-order valence-corrected chi connectivity index (χ4v) is 6.72. The van der Waals surface area contributed by atoms with Gasteiger partial charge in [0.15, 0.2) is 0 Å². The summed E-state index contributed by atoms with van der Waals surface area (Å²) >= 11 is 0. The number of carbonyl (C=O) groups excluding carboxylic acids is 1. The molecule has 1 aliphatic heterocycles. The van der Waals surface area contributed by atoms with Crippen molar-refractivity contribution >= 4 is 22.8 Å². The number of fused-ring (bicyclic) bond motifs is 5. The van der Waals surface area contributed by atoms with Gasteiger partial charge in [-0.25, -0.2) is 4.79 Å². The molecule has 6 heteroatoms. The minimum atomic E-state index is -1.17. The summed E-state index contributed by atoms with van der Waals surface area (Å²) < 4.78 is 8.46. The van der Waals surface area contributed by atoms with Crippen LogP contribution in [0.25, 0.3) is 22.2 Å². The van der Waals surface area contributed by atoms with Gasteiger partial charge in [-0.1, -0.05) is 56.7 Å². The van der Waals surface area contributed by atoms with Gasteiger partial charge in [0.2, 0.25) is 0 Å². The Labute approximate surface area is 211 Å². The van der Waals surface area contributed by atoms with Gasteiger partial charge in [-0.3, -0.25) is 4.79 Å². The Morgan fingerprint density at radius 3 is 2.50 bits per heavy atom. The van der Waals surface area contributed by atoms with Gasteiger partial charge in [0.25, 0.3) is 5.91 Å². The van der Waals surface area contributed by atoms with Crippen molar-refractivity contribution in [1.82, 2.24) is 9.88 Å². The van der Waals surface area contributed by atoms with Crippen LogP contribution < -0.4 is 10.1 Å². The fourth-order valence-electron chi connectivity index (χ4n) is 6.72. The zero-order valence-corrected chi connectivity index (χ0v) is 20.7. The smallest absolute Gasteiger partial charge is 0.329 e. The number of rotatable bonds is 4. The largest absolute Gasteiger partial charge is 0.491 e. The van der Waals surface area contributed by atoms with Crippen LogP contribution in [0.15, 0.2) is 42.5 Å². The first kappa shape index (κ1) is 23.1. The maximum absolute atomic E-state index is 13.4. The quantitative estimate of drug-likeness (QED) is 0.456. The minimum Gasteiger partial charge on any atom is -0.491 e. The van der Waals surface area contributed by atoms with Crippen molar-refractivity contribution < 1.29 is 19.4 Å². The summed E-state index contributed by atoms with van der Waals surface area (Å²) in [7, 11) is 0. The number of carboxylic acid groups (broad SMARTS) is 1. The number of aliphatic carboxylic acids is 1. The summed E-state index contributed by atoms with van der Waals surface area (Å²) in [6.45, 7) is 1.27. The molecule has 188 valence electrons. The van der Waals surface area contributed by atoms with E-state index in [1.807, 2.05) is 24.3 Å². The third kappa shape index (κ3) is 3.87. The lowest BCUT2D eigenvalue weighted by Crippen LogP contribution is -2.55. The van der Waals surface area contributed by atoms with Crippen LogP contribution in [0.5, 0.6) is 5.75 Å². The van der Waals surface area contributed by atoms with E-state index in [2.05, 4.69) is 28.1 Å². The van der Waals surface area contributed by atoms with Crippen LogP contribution in [0.3, 0.4) is 0 Å². The summed E-state index contributed by atoms with van der Waals surface area (Å²) in [4.78, 5) is 25.5. The molecule has 2 saturated carbocycles. The highest BCUT2D eigenvalue weighted by atomic mass is 16.5. The number of nitrogens with one attached hydrogen (secondary N) is 1. The van der Waals surface area contributed by atoms with Crippen LogP contribution in [-0.2, 0) is 11.3 Å². The van der Waals surface area contributed by atoms with Crippen LogP contribution in [0.4, 0.5) is 0 Å². The molecule has 1 aromatic heterocycles. The standard InChI is InChI=1S/C30H34N2O4/c33-28(31-30(29(34)35)15-7-2-8-16-30)21-13-14-22-24(19-21)32-17-18-36-25-12-6-5-11-23(25)27(32)26(22)20-9-3-1-4-10-20/h5-6,11-14,19-20H,1-4,7-10,15-18H2,(H,31,33)(H,34,35). The topological polar surface area (TPSA) is 80.6 Å². The van der Waals surface area contributed by atoms with Crippen molar-refractivity contribution in [3.05, 3.63) is 53.6 Å². The average Bonchev–Trinajstić information content (AvgIpc) is 3.10. The summed E-state index contributed by atoms with van der Waals surface area (Å²) in [6, 6.07) is 14.2. The molecule has 0 unspecified atom stereocenters. The van der Waals surface area contributed by atoms with E-state index in [1.54, 1.807) is 0 Å². The molecule has 0 radical (unpaired) electrons. The lowest BCUT2D eigenvalue weighted by Gasteiger charge is -2.34. The molecular weight excluding hydrogens is 452 g/mol. The van der Waals surface area contributed by atoms with E-state index in [4.69, 9.17) is 4.74 Å². The molecule has 1 amide bonds. The van der Waals surface area contributed by atoms with Crippen molar-refractivity contribution in [2.24, 2.45) is 0 Å². The molecule has 3 aliphatic rings. The van der Waals surface area contributed by atoms with Crippen LogP contribution in [0.1, 0.15) is 86.0 Å². The van der Waals surface area contributed by atoms with Crippen LogP contribution in [-0.4, -0.2) is 33.7 Å². The predicted octanol–water partition coefficient (Wildman–Crippen LogP) is 6.27. The molecule has 0 bridgehead atoms. The highest BCUT2D eigenvalue weighted by Gasteiger charge is 2.41. The fraction of sp³-hybridized carbons (Fsp3) is 0.467. The maximum atomic E-state index is 13.4. The van der Waals surface area contributed by atoms with Crippen molar-refractivity contribution in [1.29, 1.82) is 0 Å². The average molecular weight is 487 g/mol. The Kier molecular flexibility index (Phi) is 5.98. The molecule has 0 spiro atoms. The van der Waals surface area contributed by atoms with Gasteiger partial charge in [0.05, 0.1) is 12.2 Å². The first-order chi connectivity index (χ1) is 17.6. The molecule has 6 nitrogen and oxygen atoms in total. The number of nitrogens with zero attached hydrogens (tertiary/aromatic N) is 1. The number of benzene rings is 2. The number of aromatic nitrogens is 1. The molecule has 2 aromatic carbocycles. The molecule has 6 rings (SSSR count). The zero-order chi connectivity index (χ0) is 24.7. The lowest BCUT2D eigenvalue weighted by molar-refractivity contribution is -0.145. The van der Waals surface area contributed by atoms with Crippen LogP contribution in [0.2, 0.25) is 0 Å². The Morgan fingerprint density at radius 2 is 1.72 bits per heavy atom. The number of carbonyl (C=O) groups is 2. The second kappa shape index (κ2) is 9.30. The molecule has 2 fully saturated rings. The first-order valence-electron chi connectivity index (χ1n) is 13.5. The molecule has 3 aromatic rings. The Morgan fingerprint density at radius 1 is 0.972 bits per heavy atom. The highest BCUT2D eigenvalue weighted by Crippen LogP contribution is 2.47. The lowest BCUT2D eigenvalue weighted by atomic mass is 9.81. The normalized spacial score (nSPS) is 19.6. The van der Waals surface area contributed by atoms with Crippen molar-refractivity contribution in [3.63, 3.8) is 0 Å². The molecule has 2 heterocycles. The van der Waals surface area contributed by atoms with Gasteiger partial charge < -0.3 is 19.7 Å². The van der Waals surface area contributed by atoms with E-state index in [0.29, 0.717) is 37.5 Å². The number of hydrogen-bond donors (Lipinski definition) is 2.